The Labute approximate surface area is 115 Å². The predicted molar refractivity (Wildman–Crippen MR) is 75.1 cm³/mol. The van der Waals surface area contributed by atoms with Crippen LogP contribution in [-0.4, -0.2) is 13.4 Å². The number of nitrogens with zero attached hydrogens (tertiary/aromatic N) is 1. The van der Waals surface area contributed by atoms with Gasteiger partial charge in [-0.1, -0.05) is 0 Å². The van der Waals surface area contributed by atoms with Crippen LogP contribution in [0.4, 0.5) is 5.69 Å². The molecule has 0 radical (unpaired) electrons. The highest BCUT2D eigenvalue weighted by molar-refractivity contribution is 7.89. The zero-order valence-electron chi connectivity index (χ0n) is 10.3. The van der Waals surface area contributed by atoms with Gasteiger partial charge in [-0.2, -0.15) is 0 Å². The standard InChI is InChI=1S/C11H14N4O2S2/c1-8-6-13-11(18-8)7-14-19(16,17)10-4-2-9(15-12)3-5-10/h2-6,14-15H,7,12H2,1H3. The summed E-state index contributed by atoms with van der Waals surface area (Å²) in [5, 5.41) is 0.737. The van der Waals surface area contributed by atoms with E-state index in [9.17, 15) is 8.42 Å². The number of nitrogens with one attached hydrogen (secondary N) is 2. The van der Waals surface area contributed by atoms with Crippen molar-refractivity contribution < 1.29 is 8.42 Å². The van der Waals surface area contributed by atoms with Crippen molar-refractivity contribution in [2.75, 3.05) is 5.43 Å². The van der Waals surface area contributed by atoms with Gasteiger partial charge in [-0.15, -0.1) is 11.3 Å². The van der Waals surface area contributed by atoms with Crippen LogP contribution in [0.1, 0.15) is 9.88 Å². The molecule has 0 bridgehead atoms. The van der Waals surface area contributed by atoms with E-state index in [1.165, 1.54) is 23.5 Å². The molecule has 0 aliphatic carbocycles. The summed E-state index contributed by atoms with van der Waals surface area (Å²) in [4.78, 5) is 5.35. The number of hydrogen-bond donors (Lipinski definition) is 3. The lowest BCUT2D eigenvalue weighted by Crippen LogP contribution is -2.23. The summed E-state index contributed by atoms with van der Waals surface area (Å²) in [6.07, 6.45) is 1.72. The largest absolute Gasteiger partial charge is 0.324 e. The Morgan fingerprint density at radius 3 is 2.53 bits per heavy atom. The van der Waals surface area contributed by atoms with Crippen LogP contribution in [0.5, 0.6) is 0 Å². The molecule has 6 nitrogen and oxygen atoms in total. The van der Waals surface area contributed by atoms with Crippen molar-refractivity contribution in [3.05, 3.63) is 40.3 Å². The van der Waals surface area contributed by atoms with E-state index >= 15 is 0 Å². The summed E-state index contributed by atoms with van der Waals surface area (Å²) in [5.74, 6) is 5.22. The van der Waals surface area contributed by atoms with Crippen molar-refractivity contribution in [1.82, 2.24) is 9.71 Å². The van der Waals surface area contributed by atoms with Gasteiger partial charge in [0, 0.05) is 16.8 Å². The van der Waals surface area contributed by atoms with Crippen LogP contribution >= 0.6 is 11.3 Å². The summed E-state index contributed by atoms with van der Waals surface area (Å²) < 4.78 is 26.6. The molecule has 0 unspecified atom stereocenters. The Morgan fingerprint density at radius 2 is 2.00 bits per heavy atom. The number of aryl methyl sites for hydroxylation is 1. The second-order valence-corrected chi connectivity index (χ2v) is 6.94. The van der Waals surface area contributed by atoms with Crippen molar-refractivity contribution in [3.8, 4) is 0 Å². The molecule has 2 aromatic rings. The van der Waals surface area contributed by atoms with Gasteiger partial charge in [0.05, 0.1) is 11.4 Å². The molecule has 1 heterocycles. The molecule has 0 atom stereocenters. The normalized spacial score (nSPS) is 11.5. The Kier molecular flexibility index (Phi) is 4.15. The molecular formula is C11H14N4O2S2. The Balaban J connectivity index is 2.09. The fraction of sp³-hybridized carbons (Fsp3) is 0.182. The zero-order chi connectivity index (χ0) is 13.9. The van der Waals surface area contributed by atoms with Gasteiger partial charge in [-0.25, -0.2) is 18.1 Å². The molecule has 1 aromatic carbocycles. The molecule has 0 aliphatic heterocycles. The summed E-state index contributed by atoms with van der Waals surface area (Å²) in [6.45, 7) is 2.12. The van der Waals surface area contributed by atoms with Gasteiger partial charge < -0.3 is 5.43 Å². The highest BCUT2D eigenvalue weighted by Crippen LogP contribution is 2.15. The zero-order valence-corrected chi connectivity index (χ0v) is 11.9. The Bertz CT molecular complexity index is 650. The van der Waals surface area contributed by atoms with E-state index in [0.29, 0.717) is 5.69 Å². The Morgan fingerprint density at radius 1 is 1.32 bits per heavy atom. The van der Waals surface area contributed by atoms with Gasteiger partial charge in [0.15, 0.2) is 0 Å². The molecular weight excluding hydrogens is 284 g/mol. The SMILES string of the molecule is Cc1cnc(CNS(=O)(=O)c2ccc(NN)cc2)s1. The molecule has 0 spiro atoms. The molecule has 0 saturated heterocycles. The van der Waals surface area contributed by atoms with E-state index in [1.807, 2.05) is 6.92 Å². The molecule has 4 N–H and O–H groups in total. The third-order valence-corrected chi connectivity index (χ3v) is 4.74. The monoisotopic (exact) mass is 298 g/mol. The third-order valence-electron chi connectivity index (χ3n) is 2.41. The van der Waals surface area contributed by atoms with Crippen molar-refractivity contribution in [2.45, 2.75) is 18.4 Å². The van der Waals surface area contributed by atoms with Crippen molar-refractivity contribution >= 4 is 27.0 Å². The summed E-state index contributed by atoms with van der Waals surface area (Å²) in [5.41, 5.74) is 3.09. The second kappa shape index (κ2) is 5.66. The Hall–Kier alpha value is -1.48. The van der Waals surface area contributed by atoms with Crippen LogP contribution in [0, 0.1) is 6.92 Å². The van der Waals surface area contributed by atoms with Crippen molar-refractivity contribution in [3.63, 3.8) is 0 Å². The number of hydrazine groups is 1. The average molecular weight is 298 g/mol. The maximum atomic E-state index is 12.0. The van der Waals surface area contributed by atoms with E-state index < -0.39 is 10.0 Å². The molecule has 1 aromatic heterocycles. The highest BCUT2D eigenvalue weighted by atomic mass is 32.2. The summed E-state index contributed by atoms with van der Waals surface area (Å²) in [7, 11) is -3.53. The van der Waals surface area contributed by atoms with Gasteiger partial charge in [0.25, 0.3) is 0 Å². The molecule has 102 valence electrons. The lowest BCUT2D eigenvalue weighted by atomic mass is 10.3. The third kappa shape index (κ3) is 3.51. The first-order valence-electron chi connectivity index (χ1n) is 5.49. The maximum Gasteiger partial charge on any atom is 0.240 e. The minimum Gasteiger partial charge on any atom is -0.324 e. The first-order chi connectivity index (χ1) is 9.01. The van der Waals surface area contributed by atoms with Crippen LogP contribution in [0.25, 0.3) is 0 Å². The van der Waals surface area contributed by atoms with E-state index in [2.05, 4.69) is 15.1 Å². The molecule has 0 fully saturated rings. The van der Waals surface area contributed by atoms with Crippen molar-refractivity contribution in [1.29, 1.82) is 0 Å². The number of nitrogen functional groups attached to an aromatic ring is 1. The first-order valence-corrected chi connectivity index (χ1v) is 7.79. The van der Waals surface area contributed by atoms with Crippen LogP contribution < -0.4 is 16.0 Å². The fourth-order valence-corrected chi connectivity index (χ4v) is 3.26. The molecule has 0 amide bonds. The smallest absolute Gasteiger partial charge is 0.240 e. The minimum atomic E-state index is -3.53. The van der Waals surface area contributed by atoms with Gasteiger partial charge in [0.2, 0.25) is 10.0 Å². The van der Waals surface area contributed by atoms with Gasteiger partial charge in [0.1, 0.15) is 5.01 Å². The molecule has 19 heavy (non-hydrogen) atoms. The quantitative estimate of drug-likeness (QED) is 0.569. The number of sulfonamides is 1. The predicted octanol–water partition coefficient (Wildman–Crippen LogP) is 1.22. The highest BCUT2D eigenvalue weighted by Gasteiger charge is 2.14. The molecule has 0 saturated carbocycles. The van der Waals surface area contributed by atoms with Gasteiger partial charge in [-0.3, -0.25) is 5.84 Å². The fourth-order valence-electron chi connectivity index (χ4n) is 1.45. The van der Waals surface area contributed by atoms with E-state index in [4.69, 9.17) is 5.84 Å². The number of nitrogens with two attached hydrogens (primary N) is 1. The second-order valence-electron chi connectivity index (χ2n) is 3.86. The van der Waals surface area contributed by atoms with Crippen molar-refractivity contribution in [2.24, 2.45) is 5.84 Å². The van der Waals surface area contributed by atoms with E-state index in [1.54, 1.807) is 18.3 Å². The van der Waals surface area contributed by atoms with E-state index in [-0.39, 0.29) is 11.4 Å². The number of aromatic nitrogens is 1. The number of thiazole rings is 1. The summed E-state index contributed by atoms with van der Waals surface area (Å²) in [6, 6.07) is 6.18. The first kappa shape index (κ1) is 13.9. The van der Waals surface area contributed by atoms with Gasteiger partial charge >= 0.3 is 0 Å². The average Bonchev–Trinajstić information content (AvgIpc) is 2.82. The lowest BCUT2D eigenvalue weighted by Gasteiger charge is -2.06. The number of anilines is 1. The maximum absolute atomic E-state index is 12.0. The number of hydrogen-bond acceptors (Lipinski definition) is 6. The lowest BCUT2D eigenvalue weighted by molar-refractivity contribution is 0.581. The topological polar surface area (TPSA) is 97.1 Å². The molecule has 2 rings (SSSR count). The van der Waals surface area contributed by atoms with E-state index in [0.717, 1.165) is 9.88 Å². The van der Waals surface area contributed by atoms with Crippen LogP contribution in [-0.2, 0) is 16.6 Å². The van der Waals surface area contributed by atoms with Crippen LogP contribution in [0.2, 0.25) is 0 Å². The molecule has 8 heteroatoms. The number of rotatable bonds is 5. The summed E-state index contributed by atoms with van der Waals surface area (Å²) >= 11 is 1.47. The minimum absolute atomic E-state index is 0.192. The van der Waals surface area contributed by atoms with Gasteiger partial charge in [-0.05, 0) is 31.2 Å². The number of benzene rings is 1. The van der Waals surface area contributed by atoms with Crippen LogP contribution in [0.3, 0.4) is 0 Å². The van der Waals surface area contributed by atoms with Crippen LogP contribution in [0.15, 0.2) is 35.4 Å². The molecule has 0 aliphatic rings.